The highest BCUT2D eigenvalue weighted by atomic mass is 16.3. The SMILES string of the molecule is Cc1cc(C2(O)CCC(C)CC2)cc(C)c1O. The first-order valence-corrected chi connectivity index (χ1v) is 6.45. The van der Waals surface area contributed by atoms with E-state index in [1.807, 2.05) is 26.0 Å². The minimum Gasteiger partial charge on any atom is -0.507 e. The Balaban J connectivity index is 2.33. The molecule has 0 saturated heterocycles. The van der Waals surface area contributed by atoms with Crippen molar-refractivity contribution < 1.29 is 10.2 Å². The lowest BCUT2D eigenvalue weighted by molar-refractivity contribution is -0.0121. The molecule has 0 aromatic heterocycles. The zero-order chi connectivity index (χ0) is 12.6. The van der Waals surface area contributed by atoms with E-state index in [9.17, 15) is 10.2 Å². The van der Waals surface area contributed by atoms with Crippen LogP contribution in [0.25, 0.3) is 0 Å². The Morgan fingerprint density at radius 2 is 1.59 bits per heavy atom. The number of benzene rings is 1. The molecule has 0 atom stereocenters. The van der Waals surface area contributed by atoms with Crippen LogP contribution < -0.4 is 0 Å². The fourth-order valence-electron chi connectivity index (χ4n) is 2.75. The number of aryl methyl sites for hydroxylation is 2. The van der Waals surface area contributed by atoms with E-state index in [1.165, 1.54) is 0 Å². The molecule has 0 unspecified atom stereocenters. The molecule has 2 heteroatoms. The zero-order valence-electron chi connectivity index (χ0n) is 11.0. The van der Waals surface area contributed by atoms with E-state index >= 15 is 0 Å². The molecule has 0 aliphatic heterocycles. The van der Waals surface area contributed by atoms with Crippen molar-refractivity contribution in [2.45, 2.75) is 52.1 Å². The monoisotopic (exact) mass is 234 g/mol. The van der Waals surface area contributed by atoms with Gasteiger partial charge in [-0.15, -0.1) is 0 Å². The summed E-state index contributed by atoms with van der Waals surface area (Å²) >= 11 is 0. The molecule has 1 saturated carbocycles. The van der Waals surface area contributed by atoms with Crippen LogP contribution in [-0.4, -0.2) is 10.2 Å². The lowest BCUT2D eigenvalue weighted by atomic mass is 9.75. The maximum Gasteiger partial charge on any atom is 0.121 e. The average molecular weight is 234 g/mol. The van der Waals surface area contributed by atoms with E-state index in [0.29, 0.717) is 5.75 Å². The van der Waals surface area contributed by atoms with Gasteiger partial charge in [0.2, 0.25) is 0 Å². The van der Waals surface area contributed by atoms with E-state index in [0.717, 1.165) is 48.3 Å². The quantitative estimate of drug-likeness (QED) is 0.781. The molecule has 0 radical (unpaired) electrons. The number of aromatic hydroxyl groups is 1. The normalized spacial score (nSPS) is 29.3. The number of rotatable bonds is 1. The molecule has 2 nitrogen and oxygen atoms in total. The third-order valence-electron chi connectivity index (χ3n) is 4.13. The third-order valence-corrected chi connectivity index (χ3v) is 4.13. The van der Waals surface area contributed by atoms with Crippen molar-refractivity contribution >= 4 is 0 Å². The van der Waals surface area contributed by atoms with Crippen molar-refractivity contribution in [3.8, 4) is 5.75 Å². The van der Waals surface area contributed by atoms with Gasteiger partial charge in [0.1, 0.15) is 5.75 Å². The molecule has 0 amide bonds. The van der Waals surface area contributed by atoms with Crippen molar-refractivity contribution in [1.29, 1.82) is 0 Å². The Morgan fingerprint density at radius 1 is 1.12 bits per heavy atom. The topological polar surface area (TPSA) is 40.5 Å². The fraction of sp³-hybridized carbons (Fsp3) is 0.600. The number of phenolic OH excluding ortho intramolecular Hbond substituents is 1. The molecule has 1 aromatic carbocycles. The number of hydrogen-bond acceptors (Lipinski definition) is 2. The minimum absolute atomic E-state index is 0.349. The van der Waals surface area contributed by atoms with Crippen molar-refractivity contribution in [1.82, 2.24) is 0 Å². The van der Waals surface area contributed by atoms with E-state index in [2.05, 4.69) is 6.92 Å². The van der Waals surface area contributed by atoms with Gasteiger partial charge in [-0.2, -0.15) is 0 Å². The first kappa shape index (κ1) is 12.4. The second-order valence-electron chi connectivity index (χ2n) is 5.67. The van der Waals surface area contributed by atoms with Gasteiger partial charge in [-0.3, -0.25) is 0 Å². The lowest BCUT2D eigenvalue weighted by Crippen LogP contribution is -2.31. The van der Waals surface area contributed by atoms with Crippen LogP contribution in [0.5, 0.6) is 5.75 Å². The molecular formula is C15H22O2. The van der Waals surface area contributed by atoms with Crippen molar-refractivity contribution in [2.75, 3.05) is 0 Å². The molecule has 1 fully saturated rings. The molecule has 17 heavy (non-hydrogen) atoms. The van der Waals surface area contributed by atoms with Crippen LogP contribution in [0.1, 0.15) is 49.3 Å². The van der Waals surface area contributed by atoms with E-state index in [-0.39, 0.29) is 0 Å². The summed E-state index contributed by atoms with van der Waals surface area (Å²) in [6.45, 7) is 6.02. The maximum atomic E-state index is 10.7. The summed E-state index contributed by atoms with van der Waals surface area (Å²) in [6, 6.07) is 3.86. The summed E-state index contributed by atoms with van der Waals surface area (Å²) in [5, 5.41) is 20.5. The largest absolute Gasteiger partial charge is 0.507 e. The second kappa shape index (κ2) is 4.34. The van der Waals surface area contributed by atoms with Crippen LogP contribution in [0.15, 0.2) is 12.1 Å². The van der Waals surface area contributed by atoms with Crippen LogP contribution in [0.2, 0.25) is 0 Å². The number of aliphatic hydroxyl groups is 1. The zero-order valence-corrected chi connectivity index (χ0v) is 11.0. The summed E-state index contributed by atoms with van der Waals surface area (Å²) in [5.74, 6) is 1.07. The van der Waals surface area contributed by atoms with Crippen LogP contribution in [0, 0.1) is 19.8 Å². The van der Waals surface area contributed by atoms with Gasteiger partial charge >= 0.3 is 0 Å². The molecule has 0 bridgehead atoms. The van der Waals surface area contributed by atoms with E-state index in [1.54, 1.807) is 0 Å². The Hall–Kier alpha value is -1.02. The van der Waals surface area contributed by atoms with Crippen LogP contribution >= 0.6 is 0 Å². The lowest BCUT2D eigenvalue weighted by Gasteiger charge is -2.35. The van der Waals surface area contributed by atoms with Gasteiger partial charge < -0.3 is 10.2 Å². The van der Waals surface area contributed by atoms with Crippen LogP contribution in [-0.2, 0) is 5.60 Å². The average Bonchev–Trinajstić information content (AvgIpc) is 2.29. The highest BCUT2D eigenvalue weighted by molar-refractivity contribution is 5.44. The molecular weight excluding hydrogens is 212 g/mol. The van der Waals surface area contributed by atoms with Crippen molar-refractivity contribution in [3.63, 3.8) is 0 Å². The number of hydrogen-bond donors (Lipinski definition) is 2. The minimum atomic E-state index is -0.685. The summed E-state index contributed by atoms with van der Waals surface area (Å²) in [7, 11) is 0. The standard InChI is InChI=1S/C15H22O2/c1-10-4-6-15(17,7-5-10)13-8-11(2)14(16)12(3)9-13/h8-10,16-17H,4-7H2,1-3H3. The second-order valence-corrected chi connectivity index (χ2v) is 5.67. The van der Waals surface area contributed by atoms with Gasteiger partial charge in [0.25, 0.3) is 0 Å². The highest BCUT2D eigenvalue weighted by Crippen LogP contribution is 2.41. The molecule has 1 aliphatic rings. The van der Waals surface area contributed by atoms with Crippen LogP contribution in [0.4, 0.5) is 0 Å². The molecule has 1 aromatic rings. The van der Waals surface area contributed by atoms with Gasteiger partial charge in [-0.1, -0.05) is 6.92 Å². The fourth-order valence-corrected chi connectivity index (χ4v) is 2.75. The molecule has 94 valence electrons. The Kier molecular flexibility index (Phi) is 3.17. The summed E-state index contributed by atoms with van der Waals surface area (Å²) < 4.78 is 0. The van der Waals surface area contributed by atoms with Gasteiger partial charge in [0.15, 0.2) is 0 Å². The number of phenols is 1. The van der Waals surface area contributed by atoms with Crippen molar-refractivity contribution in [2.24, 2.45) is 5.92 Å². The van der Waals surface area contributed by atoms with Gasteiger partial charge in [0, 0.05) is 0 Å². The summed E-state index contributed by atoms with van der Waals surface area (Å²) in [6.07, 6.45) is 3.82. The summed E-state index contributed by atoms with van der Waals surface area (Å²) in [5.41, 5.74) is 1.99. The Bertz CT molecular complexity index is 392. The molecule has 2 N–H and O–H groups in total. The predicted molar refractivity (Wildman–Crippen MR) is 69.1 cm³/mol. The predicted octanol–water partition coefficient (Wildman–Crippen LogP) is 3.41. The molecule has 0 heterocycles. The summed E-state index contributed by atoms with van der Waals surface area (Å²) in [4.78, 5) is 0. The van der Waals surface area contributed by atoms with E-state index in [4.69, 9.17) is 0 Å². The maximum absolute atomic E-state index is 10.7. The van der Waals surface area contributed by atoms with Crippen molar-refractivity contribution in [3.05, 3.63) is 28.8 Å². The highest BCUT2D eigenvalue weighted by Gasteiger charge is 2.33. The first-order valence-electron chi connectivity index (χ1n) is 6.45. The third kappa shape index (κ3) is 2.32. The Labute approximate surface area is 103 Å². The smallest absolute Gasteiger partial charge is 0.121 e. The van der Waals surface area contributed by atoms with Gasteiger partial charge in [0.05, 0.1) is 5.60 Å². The molecule has 2 rings (SSSR count). The van der Waals surface area contributed by atoms with Gasteiger partial charge in [-0.25, -0.2) is 0 Å². The van der Waals surface area contributed by atoms with Gasteiger partial charge in [-0.05, 0) is 74.3 Å². The van der Waals surface area contributed by atoms with Crippen LogP contribution in [0.3, 0.4) is 0 Å². The molecule has 1 aliphatic carbocycles. The Morgan fingerprint density at radius 3 is 2.06 bits per heavy atom. The molecule has 0 spiro atoms. The first-order chi connectivity index (χ1) is 7.92. The van der Waals surface area contributed by atoms with E-state index < -0.39 is 5.60 Å².